The number of rotatable bonds is 8. The molecule has 1 N–H and O–H groups in total. The lowest BCUT2D eigenvalue weighted by molar-refractivity contribution is -0.120. The number of nitrogens with zero attached hydrogens (tertiary/aromatic N) is 2. The van der Waals surface area contributed by atoms with E-state index in [1.54, 1.807) is 12.1 Å². The molecule has 0 aliphatic carbocycles. The van der Waals surface area contributed by atoms with E-state index in [9.17, 15) is 13.6 Å². The molecule has 5 nitrogen and oxygen atoms in total. The monoisotopic (exact) mass is 399 g/mol. The van der Waals surface area contributed by atoms with Crippen molar-refractivity contribution in [1.29, 1.82) is 0 Å². The zero-order valence-corrected chi connectivity index (χ0v) is 16.4. The SMILES string of the molecule is Cc1nn(Cc2ccccc2)c(C)c1CNC(=O)Cc1ccc(OC(F)F)cc1. The van der Waals surface area contributed by atoms with Gasteiger partial charge in [-0.15, -0.1) is 0 Å². The highest BCUT2D eigenvalue weighted by molar-refractivity contribution is 5.78. The summed E-state index contributed by atoms with van der Waals surface area (Å²) in [5, 5.41) is 7.50. The van der Waals surface area contributed by atoms with Crippen LogP contribution >= 0.6 is 0 Å². The van der Waals surface area contributed by atoms with Crippen LogP contribution in [-0.2, 0) is 24.3 Å². The molecule has 0 radical (unpaired) electrons. The van der Waals surface area contributed by atoms with Gasteiger partial charge in [0.1, 0.15) is 5.75 Å². The fourth-order valence-corrected chi connectivity index (χ4v) is 3.12. The Labute approximate surface area is 168 Å². The second-order valence-corrected chi connectivity index (χ2v) is 6.77. The summed E-state index contributed by atoms with van der Waals surface area (Å²) in [6.07, 6.45) is 0.158. The highest BCUT2D eigenvalue weighted by Gasteiger charge is 2.13. The molecule has 3 aromatic rings. The van der Waals surface area contributed by atoms with Crippen LogP contribution in [0.2, 0.25) is 0 Å². The van der Waals surface area contributed by atoms with Crippen molar-refractivity contribution in [2.45, 2.75) is 40.0 Å². The topological polar surface area (TPSA) is 56.2 Å². The molecule has 0 atom stereocenters. The molecule has 0 aliphatic heterocycles. The average molecular weight is 399 g/mol. The summed E-state index contributed by atoms with van der Waals surface area (Å²) in [7, 11) is 0. The molecule has 29 heavy (non-hydrogen) atoms. The number of carbonyl (C=O) groups excluding carboxylic acids is 1. The van der Waals surface area contributed by atoms with Crippen LogP contribution in [-0.4, -0.2) is 22.3 Å². The van der Waals surface area contributed by atoms with Gasteiger partial charge in [0.25, 0.3) is 0 Å². The molecule has 0 aliphatic rings. The minimum absolute atomic E-state index is 0.0706. The van der Waals surface area contributed by atoms with Crippen LogP contribution in [0.5, 0.6) is 5.75 Å². The van der Waals surface area contributed by atoms with Crippen molar-refractivity contribution in [1.82, 2.24) is 15.1 Å². The minimum Gasteiger partial charge on any atom is -0.435 e. The molecular weight excluding hydrogens is 376 g/mol. The quantitative estimate of drug-likeness (QED) is 0.623. The maximum absolute atomic E-state index is 12.3. The van der Waals surface area contributed by atoms with Gasteiger partial charge in [0.2, 0.25) is 5.91 Å². The van der Waals surface area contributed by atoms with E-state index in [2.05, 4.69) is 27.3 Å². The maximum Gasteiger partial charge on any atom is 0.387 e. The number of hydrogen-bond donors (Lipinski definition) is 1. The first-order chi connectivity index (χ1) is 13.9. The van der Waals surface area contributed by atoms with Gasteiger partial charge in [-0.1, -0.05) is 42.5 Å². The highest BCUT2D eigenvalue weighted by atomic mass is 19.3. The first-order valence-electron chi connectivity index (χ1n) is 9.29. The van der Waals surface area contributed by atoms with Crippen LogP contribution in [0.15, 0.2) is 54.6 Å². The second-order valence-electron chi connectivity index (χ2n) is 6.77. The zero-order valence-electron chi connectivity index (χ0n) is 16.4. The van der Waals surface area contributed by atoms with Crippen LogP contribution in [0.25, 0.3) is 0 Å². The molecule has 0 saturated carbocycles. The number of amides is 1. The van der Waals surface area contributed by atoms with Crippen molar-refractivity contribution in [2.75, 3.05) is 0 Å². The number of halogens is 2. The standard InChI is InChI=1S/C22H23F2N3O2/c1-15-20(16(2)27(26-15)14-18-6-4-3-5-7-18)13-25-21(28)12-17-8-10-19(11-9-17)29-22(23)24/h3-11,22H,12-14H2,1-2H3,(H,25,28). The molecule has 1 amide bonds. The molecular formula is C22H23F2N3O2. The molecule has 1 aromatic heterocycles. The van der Waals surface area contributed by atoms with Gasteiger partial charge in [-0.25, -0.2) is 0 Å². The number of carbonyl (C=O) groups is 1. The van der Waals surface area contributed by atoms with Crippen molar-refractivity contribution >= 4 is 5.91 Å². The summed E-state index contributed by atoms with van der Waals surface area (Å²) < 4.78 is 30.6. The Bertz CT molecular complexity index is 954. The van der Waals surface area contributed by atoms with E-state index in [1.165, 1.54) is 12.1 Å². The van der Waals surface area contributed by atoms with E-state index in [0.29, 0.717) is 13.1 Å². The highest BCUT2D eigenvalue weighted by Crippen LogP contribution is 2.16. The van der Waals surface area contributed by atoms with Gasteiger partial charge in [-0.05, 0) is 37.1 Å². The largest absolute Gasteiger partial charge is 0.435 e. The Morgan fingerprint density at radius 1 is 1.07 bits per heavy atom. The van der Waals surface area contributed by atoms with Gasteiger partial charge < -0.3 is 10.1 Å². The van der Waals surface area contributed by atoms with Gasteiger partial charge in [0.05, 0.1) is 18.7 Å². The molecule has 3 rings (SSSR count). The first-order valence-corrected chi connectivity index (χ1v) is 9.29. The van der Waals surface area contributed by atoms with Crippen LogP contribution in [0.3, 0.4) is 0 Å². The molecule has 1 heterocycles. The maximum atomic E-state index is 12.3. The van der Waals surface area contributed by atoms with Crippen LogP contribution in [0.1, 0.15) is 28.1 Å². The fourth-order valence-electron chi connectivity index (χ4n) is 3.12. The molecule has 0 bridgehead atoms. The molecule has 0 unspecified atom stereocenters. The van der Waals surface area contributed by atoms with Gasteiger partial charge in [-0.3, -0.25) is 9.48 Å². The van der Waals surface area contributed by atoms with E-state index < -0.39 is 6.61 Å². The third-order valence-electron chi connectivity index (χ3n) is 4.68. The van der Waals surface area contributed by atoms with Crippen molar-refractivity contribution < 1.29 is 18.3 Å². The summed E-state index contributed by atoms with van der Waals surface area (Å²) >= 11 is 0. The van der Waals surface area contributed by atoms with E-state index >= 15 is 0 Å². The number of aryl methyl sites for hydroxylation is 1. The van der Waals surface area contributed by atoms with Crippen molar-refractivity contribution in [2.24, 2.45) is 0 Å². The van der Waals surface area contributed by atoms with Gasteiger partial charge in [0.15, 0.2) is 0 Å². The second kappa shape index (κ2) is 9.32. The fraction of sp³-hybridized carbons (Fsp3) is 0.273. The lowest BCUT2D eigenvalue weighted by atomic mass is 10.1. The number of benzene rings is 2. The normalized spacial score (nSPS) is 10.9. The van der Waals surface area contributed by atoms with Gasteiger partial charge >= 0.3 is 6.61 Å². The number of ether oxygens (including phenoxy) is 1. The number of hydrogen-bond acceptors (Lipinski definition) is 3. The third-order valence-corrected chi connectivity index (χ3v) is 4.68. The average Bonchev–Trinajstić information content (AvgIpc) is 2.95. The van der Waals surface area contributed by atoms with E-state index in [0.717, 1.165) is 28.1 Å². The Balaban J connectivity index is 1.57. The summed E-state index contributed by atoms with van der Waals surface area (Å²) in [5.41, 5.74) is 4.77. The summed E-state index contributed by atoms with van der Waals surface area (Å²) in [5.74, 6) is -0.0802. The lowest BCUT2D eigenvalue weighted by Crippen LogP contribution is -2.25. The van der Waals surface area contributed by atoms with Crippen LogP contribution < -0.4 is 10.1 Å². The smallest absolute Gasteiger partial charge is 0.387 e. The Morgan fingerprint density at radius 2 is 1.76 bits per heavy atom. The summed E-state index contributed by atoms with van der Waals surface area (Å²) in [6, 6.07) is 16.1. The van der Waals surface area contributed by atoms with Crippen LogP contribution in [0, 0.1) is 13.8 Å². The third kappa shape index (κ3) is 5.63. The number of aromatic nitrogens is 2. The van der Waals surface area contributed by atoms with Crippen molar-refractivity contribution in [3.8, 4) is 5.75 Å². The summed E-state index contributed by atoms with van der Waals surface area (Å²) in [6.45, 7) is 2.12. The number of nitrogens with one attached hydrogen (secondary N) is 1. The number of alkyl halides is 2. The predicted molar refractivity (Wildman–Crippen MR) is 106 cm³/mol. The summed E-state index contributed by atoms with van der Waals surface area (Å²) in [4.78, 5) is 12.3. The Morgan fingerprint density at radius 3 is 2.41 bits per heavy atom. The van der Waals surface area contributed by atoms with Crippen molar-refractivity contribution in [3.05, 3.63) is 82.7 Å². The predicted octanol–water partition coefficient (Wildman–Crippen LogP) is 4.01. The molecule has 0 fully saturated rings. The lowest BCUT2D eigenvalue weighted by Gasteiger charge is -2.08. The molecule has 2 aromatic carbocycles. The molecule has 0 saturated heterocycles. The van der Waals surface area contributed by atoms with Gasteiger partial charge in [-0.2, -0.15) is 13.9 Å². The molecule has 7 heteroatoms. The Kier molecular flexibility index (Phi) is 6.59. The van der Waals surface area contributed by atoms with Gasteiger partial charge in [0, 0.05) is 17.8 Å². The molecule has 0 spiro atoms. The van der Waals surface area contributed by atoms with E-state index in [4.69, 9.17) is 0 Å². The van der Waals surface area contributed by atoms with E-state index in [1.807, 2.05) is 36.7 Å². The Hall–Kier alpha value is -3.22. The molecule has 152 valence electrons. The van der Waals surface area contributed by atoms with Crippen LogP contribution in [0.4, 0.5) is 8.78 Å². The van der Waals surface area contributed by atoms with E-state index in [-0.39, 0.29) is 18.1 Å². The first kappa shape index (κ1) is 20.5. The minimum atomic E-state index is -2.86. The van der Waals surface area contributed by atoms with Crippen molar-refractivity contribution in [3.63, 3.8) is 0 Å². The zero-order chi connectivity index (χ0) is 20.8.